The second kappa shape index (κ2) is 5.31. The summed E-state index contributed by atoms with van der Waals surface area (Å²) in [6, 6.07) is 12.6. The van der Waals surface area contributed by atoms with Crippen molar-refractivity contribution in [3.05, 3.63) is 60.4 Å². The molecule has 0 saturated carbocycles. The summed E-state index contributed by atoms with van der Waals surface area (Å²) >= 11 is 0. The SMILES string of the molecule is Cn1nnc2cc(-n3ccnc3-c3ccccc3C(=O)O)ccc21. The molecule has 0 fully saturated rings. The van der Waals surface area contributed by atoms with Crippen LogP contribution < -0.4 is 0 Å². The number of fused-ring (bicyclic) bond motifs is 1. The molecule has 4 aromatic rings. The Morgan fingerprint density at radius 1 is 1.17 bits per heavy atom. The van der Waals surface area contributed by atoms with Crippen molar-refractivity contribution in [3.8, 4) is 17.1 Å². The Bertz CT molecular complexity index is 1060. The van der Waals surface area contributed by atoms with Gasteiger partial charge in [0.1, 0.15) is 11.3 Å². The largest absolute Gasteiger partial charge is 0.478 e. The second-order valence-corrected chi connectivity index (χ2v) is 5.36. The first-order valence-electron chi connectivity index (χ1n) is 7.31. The molecule has 0 saturated heterocycles. The standard InChI is InChI=1S/C17H13N5O2/c1-21-15-7-6-11(10-14(15)19-20-21)22-9-8-18-16(22)12-4-2-3-5-13(12)17(23)24/h2-10H,1H3,(H,23,24). The molecule has 0 unspecified atom stereocenters. The number of aromatic carboxylic acids is 1. The number of carbonyl (C=O) groups is 1. The van der Waals surface area contributed by atoms with E-state index in [2.05, 4.69) is 15.3 Å². The number of aromatic nitrogens is 5. The lowest BCUT2D eigenvalue weighted by molar-refractivity contribution is 0.0697. The Hall–Kier alpha value is -3.48. The van der Waals surface area contributed by atoms with Gasteiger partial charge in [-0.05, 0) is 24.3 Å². The molecule has 0 aliphatic rings. The van der Waals surface area contributed by atoms with Crippen LogP contribution in [0.2, 0.25) is 0 Å². The van der Waals surface area contributed by atoms with Crippen molar-refractivity contribution in [2.45, 2.75) is 0 Å². The molecule has 4 rings (SSSR count). The third-order valence-corrected chi connectivity index (χ3v) is 3.91. The number of aryl methyl sites for hydroxylation is 1. The molecule has 0 aliphatic carbocycles. The molecular weight excluding hydrogens is 306 g/mol. The Kier molecular flexibility index (Phi) is 3.13. The minimum absolute atomic E-state index is 0.213. The first kappa shape index (κ1) is 14.1. The van der Waals surface area contributed by atoms with Crippen molar-refractivity contribution in [1.29, 1.82) is 0 Å². The molecule has 0 radical (unpaired) electrons. The average Bonchev–Trinajstić information content (AvgIpc) is 3.22. The highest BCUT2D eigenvalue weighted by molar-refractivity contribution is 5.95. The summed E-state index contributed by atoms with van der Waals surface area (Å²) in [5, 5.41) is 17.5. The van der Waals surface area contributed by atoms with Gasteiger partial charge in [0.15, 0.2) is 0 Å². The van der Waals surface area contributed by atoms with Crippen LogP contribution in [-0.4, -0.2) is 35.6 Å². The van der Waals surface area contributed by atoms with Gasteiger partial charge in [-0.1, -0.05) is 23.4 Å². The molecule has 7 nitrogen and oxygen atoms in total. The molecule has 0 amide bonds. The molecule has 24 heavy (non-hydrogen) atoms. The molecule has 2 heterocycles. The van der Waals surface area contributed by atoms with Crippen molar-refractivity contribution in [2.75, 3.05) is 0 Å². The van der Waals surface area contributed by atoms with Crippen LogP contribution in [-0.2, 0) is 7.05 Å². The molecular formula is C17H13N5O2. The van der Waals surface area contributed by atoms with Gasteiger partial charge in [0, 0.05) is 30.7 Å². The number of rotatable bonds is 3. The Morgan fingerprint density at radius 3 is 2.83 bits per heavy atom. The second-order valence-electron chi connectivity index (χ2n) is 5.36. The molecule has 0 bridgehead atoms. The molecule has 1 N–H and O–H groups in total. The van der Waals surface area contributed by atoms with Crippen molar-refractivity contribution < 1.29 is 9.90 Å². The summed E-state index contributed by atoms with van der Waals surface area (Å²) in [4.78, 5) is 15.8. The van der Waals surface area contributed by atoms with Crippen LogP contribution in [0, 0.1) is 0 Å². The van der Waals surface area contributed by atoms with Gasteiger partial charge >= 0.3 is 5.97 Å². The Morgan fingerprint density at radius 2 is 2.00 bits per heavy atom. The number of hydrogen-bond donors (Lipinski definition) is 1. The fourth-order valence-electron chi connectivity index (χ4n) is 2.75. The lowest BCUT2D eigenvalue weighted by Crippen LogP contribution is -2.03. The van der Waals surface area contributed by atoms with Gasteiger partial charge in [0.05, 0.1) is 11.1 Å². The third kappa shape index (κ3) is 2.14. The van der Waals surface area contributed by atoms with Gasteiger partial charge in [-0.2, -0.15) is 0 Å². The summed E-state index contributed by atoms with van der Waals surface area (Å²) in [7, 11) is 1.83. The quantitative estimate of drug-likeness (QED) is 0.627. The van der Waals surface area contributed by atoms with Gasteiger partial charge in [-0.15, -0.1) is 5.10 Å². The van der Waals surface area contributed by atoms with E-state index < -0.39 is 5.97 Å². The zero-order chi connectivity index (χ0) is 16.7. The fourth-order valence-corrected chi connectivity index (χ4v) is 2.75. The third-order valence-electron chi connectivity index (χ3n) is 3.91. The van der Waals surface area contributed by atoms with E-state index in [0.29, 0.717) is 11.4 Å². The van der Waals surface area contributed by atoms with E-state index in [4.69, 9.17) is 0 Å². The molecule has 118 valence electrons. The van der Waals surface area contributed by atoms with Crippen LogP contribution in [0.3, 0.4) is 0 Å². The zero-order valence-corrected chi connectivity index (χ0v) is 12.8. The van der Waals surface area contributed by atoms with Crippen LogP contribution >= 0.6 is 0 Å². The topological polar surface area (TPSA) is 85.8 Å². The van der Waals surface area contributed by atoms with Gasteiger partial charge in [0.2, 0.25) is 0 Å². The summed E-state index contributed by atoms with van der Waals surface area (Å²) in [6.07, 6.45) is 3.44. The monoisotopic (exact) mass is 319 g/mol. The minimum Gasteiger partial charge on any atom is -0.478 e. The van der Waals surface area contributed by atoms with Crippen LogP contribution in [0.4, 0.5) is 0 Å². The maximum absolute atomic E-state index is 11.5. The predicted molar refractivity (Wildman–Crippen MR) is 88.0 cm³/mol. The smallest absolute Gasteiger partial charge is 0.336 e. The van der Waals surface area contributed by atoms with Crippen molar-refractivity contribution in [3.63, 3.8) is 0 Å². The number of carboxylic acid groups (broad SMARTS) is 1. The van der Waals surface area contributed by atoms with E-state index in [1.54, 1.807) is 41.3 Å². The summed E-state index contributed by atoms with van der Waals surface area (Å²) in [6.45, 7) is 0. The first-order valence-corrected chi connectivity index (χ1v) is 7.31. The van der Waals surface area contributed by atoms with Crippen LogP contribution in [0.1, 0.15) is 10.4 Å². The number of benzene rings is 2. The Labute approximate surface area is 136 Å². The van der Waals surface area contributed by atoms with E-state index in [0.717, 1.165) is 16.7 Å². The Balaban J connectivity index is 1.90. The summed E-state index contributed by atoms with van der Waals surface area (Å²) in [5.41, 5.74) is 3.31. The van der Waals surface area contributed by atoms with E-state index >= 15 is 0 Å². The summed E-state index contributed by atoms with van der Waals surface area (Å²) < 4.78 is 3.55. The molecule has 7 heteroatoms. The number of imidazole rings is 1. The fraction of sp³-hybridized carbons (Fsp3) is 0.0588. The number of hydrogen-bond acceptors (Lipinski definition) is 4. The molecule has 0 spiro atoms. The maximum atomic E-state index is 11.5. The highest BCUT2D eigenvalue weighted by Crippen LogP contribution is 2.26. The average molecular weight is 319 g/mol. The lowest BCUT2D eigenvalue weighted by atomic mass is 10.1. The maximum Gasteiger partial charge on any atom is 0.336 e. The van der Waals surface area contributed by atoms with Gasteiger partial charge in [0.25, 0.3) is 0 Å². The molecule has 2 aromatic carbocycles. The first-order chi connectivity index (χ1) is 11.6. The van der Waals surface area contributed by atoms with E-state index in [1.165, 1.54) is 0 Å². The normalized spacial score (nSPS) is 11.0. The van der Waals surface area contributed by atoms with Crippen molar-refractivity contribution >= 4 is 17.0 Å². The molecule has 0 atom stereocenters. The number of nitrogens with zero attached hydrogens (tertiary/aromatic N) is 5. The zero-order valence-electron chi connectivity index (χ0n) is 12.8. The van der Waals surface area contributed by atoms with Crippen LogP contribution in [0.25, 0.3) is 28.1 Å². The predicted octanol–water partition coefficient (Wildman–Crippen LogP) is 2.52. The molecule has 0 aliphatic heterocycles. The van der Waals surface area contributed by atoms with Crippen LogP contribution in [0.5, 0.6) is 0 Å². The van der Waals surface area contributed by atoms with Gasteiger partial charge in [-0.25, -0.2) is 14.5 Å². The summed E-state index contributed by atoms with van der Waals surface area (Å²) in [5.74, 6) is -0.416. The highest BCUT2D eigenvalue weighted by atomic mass is 16.4. The van der Waals surface area contributed by atoms with Gasteiger partial charge in [-0.3, -0.25) is 4.57 Å². The van der Waals surface area contributed by atoms with E-state index in [1.807, 2.05) is 29.8 Å². The van der Waals surface area contributed by atoms with Crippen LogP contribution in [0.15, 0.2) is 54.9 Å². The lowest BCUT2D eigenvalue weighted by Gasteiger charge is -2.10. The highest BCUT2D eigenvalue weighted by Gasteiger charge is 2.16. The van der Waals surface area contributed by atoms with E-state index in [9.17, 15) is 9.90 Å². The van der Waals surface area contributed by atoms with Gasteiger partial charge < -0.3 is 5.11 Å². The molecule has 2 aromatic heterocycles. The van der Waals surface area contributed by atoms with Crippen molar-refractivity contribution in [1.82, 2.24) is 24.5 Å². The minimum atomic E-state index is -0.982. The van der Waals surface area contributed by atoms with E-state index in [-0.39, 0.29) is 5.56 Å². The van der Waals surface area contributed by atoms with Crippen molar-refractivity contribution in [2.24, 2.45) is 7.05 Å². The number of carboxylic acids is 1.